The molecule has 0 aromatic heterocycles. The van der Waals surface area contributed by atoms with Crippen LogP contribution in [0.2, 0.25) is 0 Å². The lowest BCUT2D eigenvalue weighted by Gasteiger charge is -2.27. The van der Waals surface area contributed by atoms with E-state index in [4.69, 9.17) is 0 Å². The third kappa shape index (κ3) is 14.2. The second-order valence-electron chi connectivity index (χ2n) is 13.6. The second kappa shape index (κ2) is 23.3. The maximum Gasteiger partial charge on any atom is 0.243 e. The molecule has 1 heterocycles. The van der Waals surface area contributed by atoms with Crippen LogP contribution in [0.1, 0.15) is 30.4 Å². The van der Waals surface area contributed by atoms with Crippen molar-refractivity contribution in [1.82, 2.24) is 53.2 Å². The maximum atomic E-state index is 13.9. The number of hydrogen-bond acceptors (Lipinski definition) is 12. The quantitative estimate of drug-likeness (QED) is 0.0650. The molecular weight excluding hydrogens is 708 g/mol. The molecule has 55 heavy (non-hydrogen) atoms. The Labute approximate surface area is 323 Å². The van der Waals surface area contributed by atoms with Gasteiger partial charge in [-0.25, -0.2) is 0 Å². The van der Waals surface area contributed by atoms with Gasteiger partial charge in [-0.3, -0.25) is 24.0 Å². The van der Waals surface area contributed by atoms with E-state index >= 15 is 0 Å². The molecule has 12 N–H and O–H groups in total. The zero-order chi connectivity index (χ0) is 40.3. The number of hydrogen-bond donors (Lipinski definition) is 12. The standard InChI is InChI=1S/C38H60N10O7/c1-39-14-15-45-34(51)28(41-3)10-7-13-44-36(53)32(43-5)22-46-35(52)30-17-23-8-6-9-24(16-23)25-11-12-33(50)26(18-25)19-29(42-4)37(54)48-31(38(55)47-30)20-27(49)21-40-2/h6,8-9,11-12,16,18,27-32,39-43,49-50H,7,10,13-15,17,19-22H2,1-5H3,(H,44,53)(H,45,51)(H,46,52)(H,47,55)(H,48,54)/t27-,28+,29+,30+,31+,32+/m1/s1. The van der Waals surface area contributed by atoms with Crippen LogP contribution in [0.5, 0.6) is 5.75 Å². The highest BCUT2D eigenvalue weighted by atomic mass is 16.3. The summed E-state index contributed by atoms with van der Waals surface area (Å²) in [5.74, 6) is -2.22. The van der Waals surface area contributed by atoms with Crippen LogP contribution in [0.4, 0.5) is 0 Å². The van der Waals surface area contributed by atoms with Crippen molar-refractivity contribution in [3.63, 3.8) is 0 Å². The SMILES string of the molecule is CNCCNC(=O)[C@H](CCCNC(=O)[C@H](CNC(=O)[C@@H]1Cc2cccc(c2)-c2ccc(O)c(c2)C[C@H](NC)C(=O)N[C@@H](C[C@@H](O)CNC)C(=O)N1)NC)NC. The Bertz CT molecular complexity index is 1580. The zero-order valence-corrected chi connectivity index (χ0v) is 32.5. The van der Waals surface area contributed by atoms with Crippen LogP contribution in [0, 0.1) is 0 Å². The molecule has 1 aliphatic rings. The number of phenols is 1. The van der Waals surface area contributed by atoms with Gasteiger partial charge in [-0.2, -0.15) is 0 Å². The number of rotatable bonds is 19. The van der Waals surface area contributed by atoms with Crippen LogP contribution in [-0.2, 0) is 36.8 Å². The molecule has 3 rings (SSSR count). The van der Waals surface area contributed by atoms with Gasteiger partial charge in [0.1, 0.15) is 23.9 Å². The lowest BCUT2D eigenvalue weighted by atomic mass is 9.96. The Morgan fingerprint density at radius 2 is 1.49 bits per heavy atom. The first-order chi connectivity index (χ1) is 26.4. The molecule has 17 nitrogen and oxygen atoms in total. The van der Waals surface area contributed by atoms with E-state index in [1.165, 1.54) is 0 Å². The molecule has 0 fully saturated rings. The first-order valence-corrected chi connectivity index (χ1v) is 18.8. The van der Waals surface area contributed by atoms with Gasteiger partial charge in [-0.05, 0) is 82.5 Å². The molecule has 0 saturated heterocycles. The normalized spacial score (nSPS) is 19.1. The summed E-state index contributed by atoms with van der Waals surface area (Å²) in [6.07, 6.45) is 0.0837. The van der Waals surface area contributed by atoms with Crippen LogP contribution >= 0.6 is 0 Å². The molecule has 0 unspecified atom stereocenters. The number of aliphatic hydroxyl groups excluding tert-OH is 1. The summed E-state index contributed by atoms with van der Waals surface area (Å²) in [5, 5.41) is 50.1. The summed E-state index contributed by atoms with van der Waals surface area (Å²) in [6.45, 7) is 1.53. The van der Waals surface area contributed by atoms with Crippen LogP contribution in [0.3, 0.4) is 0 Å². The van der Waals surface area contributed by atoms with E-state index < -0.39 is 54.0 Å². The topological polar surface area (TPSA) is 246 Å². The van der Waals surface area contributed by atoms with Crippen molar-refractivity contribution in [1.29, 1.82) is 0 Å². The Kier molecular flexibility index (Phi) is 19.0. The third-order valence-corrected chi connectivity index (χ3v) is 9.54. The van der Waals surface area contributed by atoms with Crippen LogP contribution in [0.25, 0.3) is 11.1 Å². The lowest BCUT2D eigenvalue weighted by Crippen LogP contribution is -2.58. The first-order valence-electron chi connectivity index (χ1n) is 18.8. The minimum absolute atomic E-state index is 0.0176. The molecule has 304 valence electrons. The van der Waals surface area contributed by atoms with Crippen LogP contribution in [-0.4, -0.2) is 144 Å². The van der Waals surface area contributed by atoms with Crippen LogP contribution in [0.15, 0.2) is 42.5 Å². The van der Waals surface area contributed by atoms with Crippen molar-refractivity contribution in [3.05, 3.63) is 53.6 Å². The molecule has 17 heteroatoms. The number of nitrogens with one attached hydrogen (secondary N) is 10. The summed E-state index contributed by atoms with van der Waals surface area (Å²) in [5.41, 5.74) is 2.84. The zero-order valence-electron chi connectivity index (χ0n) is 32.5. The number of amides is 5. The fourth-order valence-electron chi connectivity index (χ4n) is 6.30. The fourth-order valence-corrected chi connectivity index (χ4v) is 6.30. The second-order valence-corrected chi connectivity index (χ2v) is 13.6. The number of phenolic OH excluding ortho intramolecular Hbond substituents is 1. The van der Waals surface area contributed by atoms with E-state index in [2.05, 4.69) is 53.2 Å². The number of benzene rings is 2. The highest BCUT2D eigenvalue weighted by Crippen LogP contribution is 2.28. The molecule has 6 atom stereocenters. The van der Waals surface area contributed by atoms with Crippen molar-refractivity contribution in [2.75, 3.05) is 68.0 Å². The van der Waals surface area contributed by atoms with Gasteiger partial charge in [0.25, 0.3) is 0 Å². The maximum absolute atomic E-state index is 13.9. The summed E-state index contributed by atoms with van der Waals surface area (Å²) >= 11 is 0. The van der Waals surface area contributed by atoms with E-state index in [-0.39, 0.29) is 49.9 Å². The van der Waals surface area contributed by atoms with Crippen molar-refractivity contribution in [3.8, 4) is 16.9 Å². The fraction of sp³-hybridized carbons (Fsp3) is 0.553. The highest BCUT2D eigenvalue weighted by molar-refractivity contribution is 5.93. The molecule has 0 radical (unpaired) electrons. The molecule has 0 aliphatic carbocycles. The number of carbonyl (C=O) groups excluding carboxylic acids is 5. The van der Waals surface area contributed by atoms with Gasteiger partial charge in [0, 0.05) is 52.0 Å². The monoisotopic (exact) mass is 768 g/mol. The van der Waals surface area contributed by atoms with Gasteiger partial charge in [0.2, 0.25) is 29.5 Å². The molecule has 5 amide bonds. The minimum Gasteiger partial charge on any atom is -0.508 e. The van der Waals surface area contributed by atoms with Gasteiger partial charge in [-0.1, -0.05) is 30.3 Å². The predicted molar refractivity (Wildman–Crippen MR) is 210 cm³/mol. The molecule has 2 aromatic carbocycles. The highest BCUT2D eigenvalue weighted by Gasteiger charge is 2.31. The van der Waals surface area contributed by atoms with Gasteiger partial charge < -0.3 is 63.4 Å². The van der Waals surface area contributed by atoms with Crippen molar-refractivity contribution in [2.45, 2.75) is 68.4 Å². The number of carbonyl (C=O) groups is 5. The smallest absolute Gasteiger partial charge is 0.243 e. The van der Waals surface area contributed by atoms with E-state index in [0.29, 0.717) is 38.0 Å². The van der Waals surface area contributed by atoms with Crippen LogP contribution < -0.4 is 53.2 Å². The number of fused-ring (bicyclic) bond motifs is 5. The summed E-state index contributed by atoms with van der Waals surface area (Å²) in [6, 6.07) is 8.20. The molecule has 1 aliphatic heterocycles. The predicted octanol–water partition coefficient (Wildman–Crippen LogP) is -2.79. The Hall–Kier alpha value is -4.65. The Morgan fingerprint density at radius 3 is 2.18 bits per heavy atom. The number of likely N-dealkylation sites (N-methyl/N-ethyl adjacent to an activating group) is 5. The Morgan fingerprint density at radius 1 is 0.782 bits per heavy atom. The summed E-state index contributed by atoms with van der Waals surface area (Å²) < 4.78 is 0. The van der Waals surface area contributed by atoms with Crippen molar-refractivity contribution < 1.29 is 34.2 Å². The largest absolute Gasteiger partial charge is 0.508 e. The third-order valence-electron chi connectivity index (χ3n) is 9.54. The average molecular weight is 769 g/mol. The van der Waals surface area contributed by atoms with E-state index in [1.54, 1.807) is 53.4 Å². The molecule has 4 bridgehead atoms. The lowest BCUT2D eigenvalue weighted by molar-refractivity contribution is -0.133. The summed E-state index contributed by atoms with van der Waals surface area (Å²) in [4.78, 5) is 66.8. The number of aromatic hydroxyl groups is 1. The van der Waals surface area contributed by atoms with Gasteiger partial charge in [-0.15, -0.1) is 0 Å². The summed E-state index contributed by atoms with van der Waals surface area (Å²) in [7, 11) is 8.35. The first kappa shape index (κ1) is 44.7. The minimum atomic E-state index is -1.21. The average Bonchev–Trinajstić information content (AvgIpc) is 3.17. The molecular formula is C38H60N10O7. The Balaban J connectivity index is 1.80. The van der Waals surface area contributed by atoms with Gasteiger partial charge in [0.05, 0.1) is 18.2 Å². The van der Waals surface area contributed by atoms with Crippen molar-refractivity contribution >= 4 is 29.5 Å². The molecule has 0 saturated carbocycles. The number of aliphatic hydroxyl groups is 1. The van der Waals surface area contributed by atoms with E-state index in [1.807, 2.05) is 24.3 Å². The van der Waals surface area contributed by atoms with Gasteiger partial charge in [0.15, 0.2) is 0 Å². The van der Waals surface area contributed by atoms with Gasteiger partial charge >= 0.3 is 0 Å². The van der Waals surface area contributed by atoms with E-state index in [9.17, 15) is 34.2 Å². The molecule has 2 aromatic rings. The molecule has 0 spiro atoms. The van der Waals surface area contributed by atoms with E-state index in [0.717, 1.165) is 16.7 Å². The van der Waals surface area contributed by atoms with Crippen molar-refractivity contribution in [2.24, 2.45) is 0 Å².